The second-order valence-electron chi connectivity index (χ2n) is 12.2. The van der Waals surface area contributed by atoms with Gasteiger partial charge in [0.15, 0.2) is 5.82 Å². The number of fused-ring (bicyclic) bond motifs is 1. The molecule has 40 heavy (non-hydrogen) atoms. The van der Waals surface area contributed by atoms with Crippen LogP contribution in [0.1, 0.15) is 68.7 Å². The minimum absolute atomic E-state index is 0.000911. The number of hydrogen-bond donors (Lipinski definition) is 4. The fourth-order valence-corrected chi connectivity index (χ4v) is 6.16. The van der Waals surface area contributed by atoms with Crippen LogP contribution in [0.4, 0.5) is 23.1 Å². The molecule has 0 unspecified atom stereocenters. The Hall–Kier alpha value is -3.20. The van der Waals surface area contributed by atoms with Crippen molar-refractivity contribution < 1.29 is 9.90 Å². The first-order valence-corrected chi connectivity index (χ1v) is 14.3. The van der Waals surface area contributed by atoms with E-state index >= 15 is 0 Å². The van der Waals surface area contributed by atoms with Crippen molar-refractivity contribution in [2.75, 3.05) is 35.6 Å². The predicted octanol–water partition coefficient (Wildman–Crippen LogP) is 5.97. The summed E-state index contributed by atoms with van der Waals surface area (Å²) < 4.78 is 0. The summed E-state index contributed by atoms with van der Waals surface area (Å²) in [6.07, 6.45) is 3.77. The van der Waals surface area contributed by atoms with E-state index in [1.54, 1.807) is 6.20 Å². The molecule has 0 saturated carbocycles. The highest BCUT2D eigenvalue weighted by atomic mass is 35.5. The molecule has 2 aromatic carbocycles. The molecular weight excluding hydrogens is 524 g/mol. The van der Waals surface area contributed by atoms with Crippen molar-refractivity contribution in [1.82, 2.24) is 14.9 Å². The molecule has 1 fully saturated rings. The number of aryl methyl sites for hydroxylation is 1. The van der Waals surface area contributed by atoms with Gasteiger partial charge in [0, 0.05) is 24.5 Å². The van der Waals surface area contributed by atoms with E-state index in [1.165, 1.54) is 11.1 Å². The number of aliphatic hydroxyl groups is 1. The maximum absolute atomic E-state index is 12.5. The molecule has 2 aliphatic rings. The third-order valence-corrected chi connectivity index (χ3v) is 8.22. The summed E-state index contributed by atoms with van der Waals surface area (Å²) in [4.78, 5) is 23.8. The first-order chi connectivity index (χ1) is 18.9. The highest BCUT2D eigenvalue weighted by Crippen LogP contribution is 2.40. The number of nitrogens with zero attached hydrogens (tertiary/aromatic N) is 3. The van der Waals surface area contributed by atoms with E-state index in [1.807, 2.05) is 45.9 Å². The summed E-state index contributed by atoms with van der Waals surface area (Å²) in [6.45, 7) is 12.9. The predicted molar refractivity (Wildman–Crippen MR) is 162 cm³/mol. The fourth-order valence-electron chi connectivity index (χ4n) is 6.00. The molecule has 5 rings (SSSR count). The molecule has 1 aromatic heterocycles. The standard InChI is InChI=1S/C31H39ClN6O2/c1-19-15-22(9-10-23(19)20-11-13-38(14-12-20)18-30(2,3)40)35-29-34-17-24(32)27(37-29)33-16-21-7-6-8-25-26(21)31(4,5)28(39)36-25/h6-10,15,17,20,40H,11-14,16,18H2,1-5H3,(H,36,39)(H2,33,34,35,37). The van der Waals surface area contributed by atoms with Crippen molar-refractivity contribution in [3.8, 4) is 0 Å². The molecule has 2 aliphatic heterocycles. The Balaban J connectivity index is 1.24. The third-order valence-electron chi connectivity index (χ3n) is 7.95. The zero-order valence-electron chi connectivity index (χ0n) is 23.9. The van der Waals surface area contributed by atoms with Crippen LogP contribution < -0.4 is 16.0 Å². The third kappa shape index (κ3) is 6.09. The Morgan fingerprint density at radius 2 is 1.95 bits per heavy atom. The number of aromatic nitrogens is 2. The number of halogens is 1. The molecule has 0 spiro atoms. The van der Waals surface area contributed by atoms with Crippen molar-refractivity contribution in [3.05, 3.63) is 69.9 Å². The highest BCUT2D eigenvalue weighted by molar-refractivity contribution is 6.32. The number of amides is 1. The maximum Gasteiger partial charge on any atom is 0.234 e. The number of hydrogen-bond acceptors (Lipinski definition) is 7. The van der Waals surface area contributed by atoms with Gasteiger partial charge in [-0.15, -0.1) is 0 Å². The van der Waals surface area contributed by atoms with Gasteiger partial charge in [0.1, 0.15) is 5.02 Å². The van der Waals surface area contributed by atoms with Crippen LogP contribution in [0.3, 0.4) is 0 Å². The van der Waals surface area contributed by atoms with Crippen LogP contribution in [-0.2, 0) is 16.8 Å². The lowest BCUT2D eigenvalue weighted by atomic mass is 9.83. The number of likely N-dealkylation sites (tertiary alicyclic amines) is 1. The van der Waals surface area contributed by atoms with Gasteiger partial charge in [-0.25, -0.2) is 4.98 Å². The lowest BCUT2D eigenvalue weighted by molar-refractivity contribution is -0.119. The topological polar surface area (TPSA) is 102 Å². The van der Waals surface area contributed by atoms with Crippen LogP contribution >= 0.6 is 11.6 Å². The largest absolute Gasteiger partial charge is 0.389 e. The number of nitrogens with one attached hydrogen (secondary N) is 3. The molecule has 212 valence electrons. The number of piperidine rings is 1. The summed E-state index contributed by atoms with van der Waals surface area (Å²) in [5.74, 6) is 1.50. The number of carbonyl (C=O) groups excluding carboxylic acids is 1. The van der Waals surface area contributed by atoms with Crippen LogP contribution in [0.2, 0.25) is 5.02 Å². The van der Waals surface area contributed by atoms with Gasteiger partial charge in [-0.2, -0.15) is 4.98 Å². The Morgan fingerprint density at radius 1 is 1.20 bits per heavy atom. The van der Waals surface area contributed by atoms with Gasteiger partial charge in [-0.1, -0.05) is 29.8 Å². The Labute approximate surface area is 241 Å². The van der Waals surface area contributed by atoms with E-state index in [4.69, 9.17) is 11.6 Å². The summed E-state index contributed by atoms with van der Waals surface area (Å²) in [6, 6.07) is 12.3. The van der Waals surface area contributed by atoms with Crippen molar-refractivity contribution in [3.63, 3.8) is 0 Å². The molecule has 0 bridgehead atoms. The quantitative estimate of drug-likeness (QED) is 0.268. The number of carbonyl (C=O) groups is 1. The molecule has 3 heterocycles. The summed E-state index contributed by atoms with van der Waals surface area (Å²) in [7, 11) is 0. The average molecular weight is 563 g/mol. The SMILES string of the molecule is Cc1cc(Nc2ncc(Cl)c(NCc3cccc4c3C(C)(C)C(=O)N4)n2)ccc1C1CCN(CC(C)(C)O)CC1. The molecule has 0 aliphatic carbocycles. The van der Waals surface area contributed by atoms with E-state index in [0.29, 0.717) is 35.8 Å². The first-order valence-electron chi connectivity index (χ1n) is 13.9. The van der Waals surface area contributed by atoms with Crippen LogP contribution in [0.15, 0.2) is 42.6 Å². The first kappa shape index (κ1) is 28.3. The van der Waals surface area contributed by atoms with Gasteiger partial charge in [-0.05, 0) is 107 Å². The van der Waals surface area contributed by atoms with E-state index in [0.717, 1.165) is 48.4 Å². The zero-order valence-corrected chi connectivity index (χ0v) is 24.7. The smallest absolute Gasteiger partial charge is 0.234 e. The minimum atomic E-state index is -0.661. The van der Waals surface area contributed by atoms with E-state index in [-0.39, 0.29) is 5.91 Å². The molecule has 0 radical (unpaired) electrons. The molecule has 9 heteroatoms. The molecule has 1 saturated heterocycles. The Kier molecular flexibility index (Phi) is 7.79. The van der Waals surface area contributed by atoms with E-state index < -0.39 is 11.0 Å². The van der Waals surface area contributed by atoms with Crippen LogP contribution in [-0.4, -0.2) is 51.1 Å². The summed E-state index contributed by atoms with van der Waals surface area (Å²) in [5, 5.41) is 20.2. The molecule has 8 nitrogen and oxygen atoms in total. The summed E-state index contributed by atoms with van der Waals surface area (Å²) >= 11 is 6.44. The van der Waals surface area contributed by atoms with Crippen LogP contribution in [0, 0.1) is 6.92 Å². The lowest BCUT2D eigenvalue weighted by Crippen LogP contribution is -2.42. The normalized spacial score (nSPS) is 17.4. The monoisotopic (exact) mass is 562 g/mol. The summed E-state index contributed by atoms with van der Waals surface area (Å²) in [5.41, 5.74) is 5.13. The average Bonchev–Trinajstić information content (AvgIpc) is 3.12. The molecular formula is C31H39ClN6O2. The number of β-amino-alcohol motifs (C(OH)–C–C–N with tert-alkyl or cyclic N) is 1. The van der Waals surface area contributed by atoms with Gasteiger partial charge in [0.2, 0.25) is 11.9 Å². The van der Waals surface area contributed by atoms with Crippen molar-refractivity contribution in [1.29, 1.82) is 0 Å². The van der Waals surface area contributed by atoms with Gasteiger partial charge >= 0.3 is 0 Å². The van der Waals surface area contributed by atoms with Gasteiger partial charge in [-0.3, -0.25) is 4.79 Å². The maximum atomic E-state index is 12.5. The van der Waals surface area contributed by atoms with Gasteiger partial charge in [0.25, 0.3) is 0 Å². The van der Waals surface area contributed by atoms with Crippen LogP contribution in [0.25, 0.3) is 0 Å². The number of anilines is 4. The van der Waals surface area contributed by atoms with Crippen molar-refractivity contribution in [2.45, 2.75) is 70.9 Å². The second kappa shape index (κ2) is 11.0. The lowest BCUT2D eigenvalue weighted by Gasteiger charge is -2.36. The van der Waals surface area contributed by atoms with Gasteiger partial charge in [0.05, 0.1) is 17.2 Å². The molecule has 3 aromatic rings. The Bertz CT molecular complexity index is 1410. The van der Waals surface area contributed by atoms with Crippen LogP contribution in [0.5, 0.6) is 0 Å². The number of rotatable bonds is 8. The highest BCUT2D eigenvalue weighted by Gasteiger charge is 2.39. The molecule has 4 N–H and O–H groups in total. The molecule has 1 amide bonds. The van der Waals surface area contributed by atoms with E-state index in [9.17, 15) is 9.90 Å². The second-order valence-corrected chi connectivity index (χ2v) is 12.6. The molecule has 0 atom stereocenters. The Morgan fingerprint density at radius 3 is 2.65 bits per heavy atom. The van der Waals surface area contributed by atoms with Gasteiger partial charge < -0.3 is 26.0 Å². The zero-order chi connectivity index (χ0) is 28.7. The minimum Gasteiger partial charge on any atom is -0.389 e. The number of benzene rings is 2. The van der Waals surface area contributed by atoms with Crippen molar-refractivity contribution in [2.24, 2.45) is 0 Å². The van der Waals surface area contributed by atoms with E-state index in [2.05, 4.69) is 55.9 Å². The fraction of sp³-hybridized carbons (Fsp3) is 0.452. The van der Waals surface area contributed by atoms with Crippen molar-refractivity contribution >= 4 is 40.6 Å².